The molecule has 2 aliphatic rings. The Hall–Kier alpha value is -1.95. The van der Waals surface area contributed by atoms with Gasteiger partial charge in [-0.2, -0.15) is 0 Å². The van der Waals surface area contributed by atoms with Crippen LogP contribution in [0.3, 0.4) is 0 Å². The number of halogens is 1. The van der Waals surface area contributed by atoms with Gasteiger partial charge in [0.1, 0.15) is 0 Å². The van der Waals surface area contributed by atoms with E-state index in [9.17, 15) is 4.79 Å². The fourth-order valence-electron chi connectivity index (χ4n) is 3.63. The minimum absolute atomic E-state index is 0.0394. The molecule has 0 radical (unpaired) electrons. The van der Waals surface area contributed by atoms with Gasteiger partial charge in [-0.05, 0) is 36.2 Å². The Morgan fingerprint density at radius 1 is 1.16 bits per heavy atom. The molecule has 4 rings (SSSR count). The third kappa shape index (κ3) is 3.68. The van der Waals surface area contributed by atoms with Crippen LogP contribution in [-0.4, -0.2) is 47.6 Å². The zero-order chi connectivity index (χ0) is 17.2. The summed E-state index contributed by atoms with van der Waals surface area (Å²) in [5, 5.41) is 3.87. The van der Waals surface area contributed by atoms with Gasteiger partial charge in [0, 0.05) is 48.2 Å². The van der Waals surface area contributed by atoms with Crippen LogP contribution in [0, 0.1) is 0 Å². The van der Waals surface area contributed by atoms with Gasteiger partial charge in [0.05, 0.1) is 12.7 Å². The highest BCUT2D eigenvalue weighted by Gasteiger charge is 2.38. The number of hydrogen-bond donors (Lipinski definition) is 1. The lowest BCUT2D eigenvalue weighted by Gasteiger charge is -2.35. The van der Waals surface area contributed by atoms with Crippen molar-refractivity contribution < 1.29 is 9.53 Å². The Balaban J connectivity index is 1.37. The number of amides is 1. The molecule has 6 heteroatoms. The summed E-state index contributed by atoms with van der Waals surface area (Å²) in [6, 6.07) is 11.8. The zero-order valence-electron chi connectivity index (χ0n) is 13.8. The van der Waals surface area contributed by atoms with Crippen molar-refractivity contribution in [3.63, 3.8) is 0 Å². The molecule has 3 atom stereocenters. The van der Waals surface area contributed by atoms with E-state index in [1.165, 1.54) is 0 Å². The van der Waals surface area contributed by atoms with Crippen LogP contribution in [0.2, 0.25) is 5.02 Å². The van der Waals surface area contributed by atoms with Crippen LogP contribution in [-0.2, 0) is 4.74 Å². The van der Waals surface area contributed by atoms with E-state index in [0.717, 1.165) is 30.1 Å². The number of hydrogen-bond acceptors (Lipinski definition) is 4. The number of pyridine rings is 1. The molecule has 130 valence electrons. The first-order valence-electron chi connectivity index (χ1n) is 8.51. The molecule has 2 fully saturated rings. The summed E-state index contributed by atoms with van der Waals surface area (Å²) in [7, 11) is 0. The molecule has 1 N–H and O–H groups in total. The molecule has 0 bridgehead atoms. The highest BCUT2D eigenvalue weighted by Crippen LogP contribution is 2.30. The highest BCUT2D eigenvalue weighted by molar-refractivity contribution is 6.30. The third-order valence-electron chi connectivity index (χ3n) is 4.94. The van der Waals surface area contributed by atoms with E-state index in [1.807, 2.05) is 24.3 Å². The maximum atomic E-state index is 12.3. The summed E-state index contributed by atoms with van der Waals surface area (Å²) in [6.45, 7) is 2.39. The summed E-state index contributed by atoms with van der Waals surface area (Å²) in [4.78, 5) is 18.7. The monoisotopic (exact) mass is 357 g/mol. The van der Waals surface area contributed by atoms with Gasteiger partial charge >= 0.3 is 0 Å². The van der Waals surface area contributed by atoms with Gasteiger partial charge in [0.25, 0.3) is 5.91 Å². The second-order valence-corrected chi connectivity index (χ2v) is 7.06. The minimum atomic E-state index is -0.0394. The van der Waals surface area contributed by atoms with Gasteiger partial charge in [0.2, 0.25) is 0 Å². The molecule has 1 aromatic heterocycles. The van der Waals surface area contributed by atoms with Crippen molar-refractivity contribution in [2.75, 3.05) is 19.7 Å². The molecule has 0 spiro atoms. The van der Waals surface area contributed by atoms with Crippen LogP contribution in [0.25, 0.3) is 0 Å². The fourth-order valence-corrected chi connectivity index (χ4v) is 3.76. The molecule has 25 heavy (non-hydrogen) atoms. The predicted octanol–water partition coefficient (Wildman–Crippen LogP) is 2.68. The first-order chi connectivity index (χ1) is 12.2. The van der Waals surface area contributed by atoms with Crippen molar-refractivity contribution >= 4 is 17.5 Å². The van der Waals surface area contributed by atoms with Crippen LogP contribution in [0.4, 0.5) is 0 Å². The number of nitrogens with zero attached hydrogens (tertiary/aromatic N) is 2. The number of aromatic nitrogens is 1. The first-order valence-corrected chi connectivity index (χ1v) is 8.89. The largest absolute Gasteiger partial charge is 0.371 e. The van der Waals surface area contributed by atoms with E-state index >= 15 is 0 Å². The smallest absolute Gasteiger partial charge is 0.251 e. The average Bonchev–Trinajstić information content (AvgIpc) is 3.04. The number of carbonyl (C=O) groups is 1. The number of fused-ring (bicyclic) bond motifs is 1. The topological polar surface area (TPSA) is 54.5 Å². The quantitative estimate of drug-likeness (QED) is 0.917. The molecular weight excluding hydrogens is 338 g/mol. The van der Waals surface area contributed by atoms with E-state index in [-0.39, 0.29) is 18.1 Å². The van der Waals surface area contributed by atoms with Crippen molar-refractivity contribution in [3.05, 3.63) is 64.9 Å². The Labute approximate surface area is 152 Å². The molecule has 0 aliphatic carbocycles. The lowest BCUT2D eigenvalue weighted by atomic mass is 10.1. The standard InChI is InChI=1S/C19H20ClN3O2/c20-15-3-1-13(2-4-15)18-11-23-10-16(9-17(23)12-25-18)22-19(24)14-5-7-21-8-6-14/h1-8,16-18H,9-12H2,(H,22,24)/t16-,17+,18-/m1/s1. The van der Waals surface area contributed by atoms with Crippen LogP contribution in [0.15, 0.2) is 48.8 Å². The van der Waals surface area contributed by atoms with Crippen LogP contribution >= 0.6 is 11.6 Å². The SMILES string of the molecule is O=C(N[C@@H]1C[C@H]2CO[C@@H](c3ccc(Cl)cc3)CN2C1)c1ccncc1. The third-order valence-corrected chi connectivity index (χ3v) is 5.19. The zero-order valence-corrected chi connectivity index (χ0v) is 14.5. The van der Waals surface area contributed by atoms with Crippen molar-refractivity contribution in [1.29, 1.82) is 0 Å². The number of morpholine rings is 1. The number of nitrogens with one attached hydrogen (secondary N) is 1. The molecule has 5 nitrogen and oxygen atoms in total. The van der Waals surface area contributed by atoms with E-state index in [0.29, 0.717) is 18.2 Å². The van der Waals surface area contributed by atoms with Gasteiger partial charge in [-0.15, -0.1) is 0 Å². The molecule has 3 heterocycles. The van der Waals surface area contributed by atoms with E-state index < -0.39 is 0 Å². The first kappa shape index (κ1) is 16.5. The number of rotatable bonds is 3. The van der Waals surface area contributed by atoms with E-state index in [4.69, 9.17) is 16.3 Å². The van der Waals surface area contributed by atoms with Crippen molar-refractivity contribution in [3.8, 4) is 0 Å². The Kier molecular flexibility index (Phi) is 4.70. The summed E-state index contributed by atoms with van der Waals surface area (Å²) in [5.41, 5.74) is 1.79. The molecular formula is C19H20ClN3O2. The normalized spacial score (nSPS) is 26.2. The maximum absolute atomic E-state index is 12.3. The summed E-state index contributed by atoms with van der Waals surface area (Å²) < 4.78 is 6.05. The second kappa shape index (κ2) is 7.12. The van der Waals surface area contributed by atoms with Gasteiger partial charge in [-0.25, -0.2) is 0 Å². The minimum Gasteiger partial charge on any atom is -0.371 e. The summed E-state index contributed by atoms with van der Waals surface area (Å²) in [6.07, 6.45) is 4.25. The van der Waals surface area contributed by atoms with Crippen LogP contribution in [0.5, 0.6) is 0 Å². The summed E-state index contributed by atoms with van der Waals surface area (Å²) in [5.74, 6) is -0.0394. The van der Waals surface area contributed by atoms with Crippen LogP contribution < -0.4 is 5.32 Å². The van der Waals surface area contributed by atoms with Crippen LogP contribution in [0.1, 0.15) is 28.4 Å². The molecule has 2 aliphatic heterocycles. The average molecular weight is 358 g/mol. The van der Waals surface area contributed by atoms with Crippen molar-refractivity contribution in [1.82, 2.24) is 15.2 Å². The second-order valence-electron chi connectivity index (χ2n) is 6.62. The van der Waals surface area contributed by atoms with Crippen molar-refractivity contribution in [2.45, 2.75) is 24.6 Å². The lowest BCUT2D eigenvalue weighted by Crippen LogP contribution is -2.43. The molecule has 2 aromatic rings. The van der Waals surface area contributed by atoms with E-state index in [1.54, 1.807) is 24.5 Å². The molecule has 1 aromatic carbocycles. The summed E-state index contributed by atoms with van der Waals surface area (Å²) >= 11 is 5.96. The lowest BCUT2D eigenvalue weighted by molar-refractivity contribution is -0.0502. The fraction of sp³-hybridized carbons (Fsp3) is 0.368. The van der Waals surface area contributed by atoms with E-state index in [2.05, 4.69) is 15.2 Å². The van der Waals surface area contributed by atoms with Gasteiger partial charge in [-0.3, -0.25) is 14.7 Å². The number of ether oxygens (including phenoxy) is 1. The van der Waals surface area contributed by atoms with Gasteiger partial charge in [-0.1, -0.05) is 23.7 Å². The Morgan fingerprint density at radius 3 is 2.68 bits per heavy atom. The maximum Gasteiger partial charge on any atom is 0.251 e. The number of benzene rings is 1. The molecule has 1 amide bonds. The van der Waals surface area contributed by atoms with Gasteiger partial charge < -0.3 is 10.1 Å². The highest BCUT2D eigenvalue weighted by atomic mass is 35.5. The van der Waals surface area contributed by atoms with Crippen molar-refractivity contribution in [2.24, 2.45) is 0 Å². The van der Waals surface area contributed by atoms with Gasteiger partial charge in [0.15, 0.2) is 0 Å². The number of carbonyl (C=O) groups excluding carboxylic acids is 1. The Bertz CT molecular complexity index is 738. The molecule has 0 saturated carbocycles. The molecule has 0 unspecified atom stereocenters. The predicted molar refractivity (Wildman–Crippen MR) is 95.6 cm³/mol. The Morgan fingerprint density at radius 2 is 1.92 bits per heavy atom. The molecule has 2 saturated heterocycles.